The highest BCUT2D eigenvalue weighted by Crippen LogP contribution is 2.40. The summed E-state index contributed by atoms with van der Waals surface area (Å²) in [7, 11) is 0. The van der Waals surface area contributed by atoms with Crippen LogP contribution in [0, 0.1) is 32.1 Å². The van der Waals surface area contributed by atoms with Crippen LogP contribution in [-0.2, 0) is 11.2 Å². The molecular formula is C19H29NO. The van der Waals surface area contributed by atoms with Gasteiger partial charge in [-0.1, -0.05) is 24.6 Å². The fourth-order valence-corrected chi connectivity index (χ4v) is 3.75. The van der Waals surface area contributed by atoms with Crippen molar-refractivity contribution in [2.45, 2.75) is 59.8 Å². The van der Waals surface area contributed by atoms with E-state index in [0.717, 1.165) is 31.6 Å². The van der Waals surface area contributed by atoms with E-state index in [1.807, 2.05) is 0 Å². The Morgan fingerprint density at radius 3 is 2.19 bits per heavy atom. The van der Waals surface area contributed by atoms with Crippen LogP contribution in [0.1, 0.15) is 54.9 Å². The summed E-state index contributed by atoms with van der Waals surface area (Å²) in [6.07, 6.45) is 4.74. The van der Waals surface area contributed by atoms with Gasteiger partial charge < -0.3 is 5.73 Å². The van der Waals surface area contributed by atoms with Crippen molar-refractivity contribution in [1.82, 2.24) is 0 Å². The van der Waals surface area contributed by atoms with E-state index in [2.05, 4.69) is 39.8 Å². The molecule has 2 rings (SSSR count). The highest BCUT2D eigenvalue weighted by atomic mass is 16.1. The van der Waals surface area contributed by atoms with Crippen LogP contribution in [0.5, 0.6) is 0 Å². The lowest BCUT2D eigenvalue weighted by atomic mass is 9.67. The molecule has 0 radical (unpaired) electrons. The molecule has 1 saturated carbocycles. The highest BCUT2D eigenvalue weighted by molar-refractivity contribution is 5.87. The van der Waals surface area contributed by atoms with Crippen LogP contribution in [0.3, 0.4) is 0 Å². The number of benzene rings is 1. The van der Waals surface area contributed by atoms with Gasteiger partial charge in [-0.3, -0.25) is 4.79 Å². The van der Waals surface area contributed by atoms with Crippen LogP contribution in [0.4, 0.5) is 0 Å². The molecule has 2 nitrogen and oxygen atoms in total. The summed E-state index contributed by atoms with van der Waals surface area (Å²) in [6.45, 7) is 9.11. The smallest absolute Gasteiger partial charge is 0.144 e. The number of hydrogen-bond acceptors (Lipinski definition) is 2. The lowest BCUT2D eigenvalue weighted by Crippen LogP contribution is -2.42. The van der Waals surface area contributed by atoms with Crippen molar-refractivity contribution in [3.63, 3.8) is 0 Å². The van der Waals surface area contributed by atoms with E-state index in [0.29, 0.717) is 18.7 Å². The van der Waals surface area contributed by atoms with E-state index >= 15 is 0 Å². The van der Waals surface area contributed by atoms with Crippen LogP contribution in [-0.4, -0.2) is 12.3 Å². The summed E-state index contributed by atoms with van der Waals surface area (Å²) in [5.41, 5.74) is 10.7. The minimum Gasteiger partial charge on any atom is -0.329 e. The number of carbonyl (C=O) groups is 1. The second-order valence-corrected chi connectivity index (χ2v) is 7.14. The maximum atomic E-state index is 12.9. The maximum Gasteiger partial charge on any atom is 0.144 e. The fraction of sp³-hybridized carbons (Fsp3) is 0.632. The molecule has 0 spiro atoms. The molecule has 1 aromatic rings. The van der Waals surface area contributed by atoms with Crippen molar-refractivity contribution in [3.05, 3.63) is 34.4 Å². The number of rotatable bonds is 4. The Morgan fingerprint density at radius 2 is 1.71 bits per heavy atom. The van der Waals surface area contributed by atoms with E-state index in [-0.39, 0.29) is 5.41 Å². The Labute approximate surface area is 129 Å². The van der Waals surface area contributed by atoms with Crippen molar-refractivity contribution in [2.24, 2.45) is 17.1 Å². The first-order valence-electron chi connectivity index (χ1n) is 8.18. The summed E-state index contributed by atoms with van der Waals surface area (Å²) in [6, 6.07) is 4.35. The van der Waals surface area contributed by atoms with Crippen molar-refractivity contribution in [2.75, 3.05) is 6.54 Å². The van der Waals surface area contributed by atoms with Gasteiger partial charge in [0.25, 0.3) is 0 Å². The molecule has 2 N–H and O–H groups in total. The molecule has 0 amide bonds. The van der Waals surface area contributed by atoms with Gasteiger partial charge in [0.05, 0.1) is 0 Å². The highest BCUT2D eigenvalue weighted by Gasteiger charge is 2.39. The molecule has 0 saturated heterocycles. The predicted molar refractivity (Wildman–Crippen MR) is 88.5 cm³/mol. The minimum atomic E-state index is -0.268. The Hall–Kier alpha value is -1.15. The Morgan fingerprint density at radius 1 is 1.19 bits per heavy atom. The summed E-state index contributed by atoms with van der Waals surface area (Å²) in [5, 5.41) is 0. The van der Waals surface area contributed by atoms with Crippen LogP contribution in [0.2, 0.25) is 0 Å². The van der Waals surface area contributed by atoms with Gasteiger partial charge in [-0.05, 0) is 69.1 Å². The molecule has 2 heteroatoms. The molecule has 21 heavy (non-hydrogen) atoms. The lowest BCUT2D eigenvalue weighted by Gasteiger charge is -2.37. The normalized spacial score (nSPS) is 25.9. The molecule has 116 valence electrons. The molecule has 1 fully saturated rings. The third-order valence-electron chi connectivity index (χ3n) is 5.39. The van der Waals surface area contributed by atoms with Crippen molar-refractivity contribution in [3.8, 4) is 0 Å². The molecule has 0 atom stereocenters. The standard InChI is InChI=1S/C19H29NO/c1-13-5-7-19(12-20,8-6-13)18(21)11-17-15(3)9-14(2)10-16(17)4/h9-10,13H,5-8,11-12,20H2,1-4H3. The van der Waals surface area contributed by atoms with Crippen LogP contribution in [0.25, 0.3) is 0 Å². The number of hydrogen-bond donors (Lipinski definition) is 1. The molecule has 1 aromatic carbocycles. The van der Waals surface area contributed by atoms with Gasteiger partial charge in [0.15, 0.2) is 0 Å². The third kappa shape index (κ3) is 3.37. The average molecular weight is 287 g/mol. The second-order valence-electron chi connectivity index (χ2n) is 7.14. The van der Waals surface area contributed by atoms with Gasteiger partial charge in [-0.25, -0.2) is 0 Å². The second kappa shape index (κ2) is 6.31. The maximum absolute atomic E-state index is 12.9. The first-order chi connectivity index (χ1) is 9.88. The Bertz CT molecular complexity index is 501. The molecule has 1 aliphatic carbocycles. The van der Waals surface area contributed by atoms with Gasteiger partial charge in [0.1, 0.15) is 5.78 Å². The fourth-order valence-electron chi connectivity index (χ4n) is 3.75. The van der Waals surface area contributed by atoms with E-state index in [9.17, 15) is 4.79 Å². The van der Waals surface area contributed by atoms with Gasteiger partial charge in [0.2, 0.25) is 0 Å². The summed E-state index contributed by atoms with van der Waals surface area (Å²) >= 11 is 0. The molecule has 0 bridgehead atoms. The molecule has 0 unspecified atom stereocenters. The van der Waals surface area contributed by atoms with Gasteiger partial charge in [-0.2, -0.15) is 0 Å². The zero-order valence-corrected chi connectivity index (χ0v) is 14.0. The molecule has 0 aliphatic heterocycles. The largest absolute Gasteiger partial charge is 0.329 e. The number of nitrogens with two attached hydrogens (primary N) is 1. The average Bonchev–Trinajstić information content (AvgIpc) is 2.43. The SMILES string of the molecule is Cc1cc(C)c(CC(=O)C2(CN)CCC(C)CC2)c(C)c1. The quantitative estimate of drug-likeness (QED) is 0.913. The molecule has 1 aliphatic rings. The minimum absolute atomic E-state index is 0.268. The van der Waals surface area contributed by atoms with Gasteiger partial charge in [-0.15, -0.1) is 0 Å². The number of aryl methyl sites for hydroxylation is 3. The van der Waals surface area contributed by atoms with Crippen LogP contribution < -0.4 is 5.73 Å². The van der Waals surface area contributed by atoms with Crippen molar-refractivity contribution >= 4 is 5.78 Å². The summed E-state index contributed by atoms with van der Waals surface area (Å²) < 4.78 is 0. The van der Waals surface area contributed by atoms with Crippen molar-refractivity contribution in [1.29, 1.82) is 0 Å². The Kier molecular flexibility index (Phi) is 4.88. The molecule has 0 heterocycles. The van der Waals surface area contributed by atoms with E-state index in [1.165, 1.54) is 22.3 Å². The first kappa shape index (κ1) is 16.2. The van der Waals surface area contributed by atoms with Crippen molar-refractivity contribution < 1.29 is 4.79 Å². The lowest BCUT2D eigenvalue weighted by molar-refractivity contribution is -0.129. The third-order valence-corrected chi connectivity index (χ3v) is 5.39. The summed E-state index contributed by atoms with van der Waals surface area (Å²) in [5.74, 6) is 1.09. The first-order valence-corrected chi connectivity index (χ1v) is 8.18. The van der Waals surface area contributed by atoms with Crippen LogP contribution in [0.15, 0.2) is 12.1 Å². The molecular weight excluding hydrogens is 258 g/mol. The zero-order valence-electron chi connectivity index (χ0n) is 14.0. The topological polar surface area (TPSA) is 43.1 Å². The Balaban J connectivity index is 2.21. The number of carbonyl (C=O) groups excluding carboxylic acids is 1. The van der Waals surface area contributed by atoms with Crippen LogP contribution >= 0.6 is 0 Å². The number of Topliss-reactive ketones (excluding diaryl/α,β-unsaturated/α-hetero) is 1. The molecule has 0 aromatic heterocycles. The zero-order chi connectivity index (χ0) is 15.6. The van der Waals surface area contributed by atoms with E-state index in [1.54, 1.807) is 0 Å². The van der Waals surface area contributed by atoms with Gasteiger partial charge >= 0.3 is 0 Å². The van der Waals surface area contributed by atoms with Gasteiger partial charge in [0, 0.05) is 18.4 Å². The predicted octanol–water partition coefficient (Wildman–Crippen LogP) is 3.88. The van der Waals surface area contributed by atoms with E-state index in [4.69, 9.17) is 5.73 Å². The number of ketones is 1. The monoisotopic (exact) mass is 287 g/mol. The van der Waals surface area contributed by atoms with E-state index < -0.39 is 0 Å². The summed E-state index contributed by atoms with van der Waals surface area (Å²) in [4.78, 5) is 12.9.